The Bertz CT molecular complexity index is 584. The third-order valence-electron chi connectivity index (χ3n) is 4.44. The first-order chi connectivity index (χ1) is 11.4. The predicted molar refractivity (Wildman–Crippen MR) is 85.1 cm³/mol. The fourth-order valence-electron chi connectivity index (χ4n) is 2.96. The summed E-state index contributed by atoms with van der Waals surface area (Å²) < 4.78 is 31.9. The normalized spacial score (nSPS) is 24.0. The Kier molecular flexibility index (Phi) is 5.15. The first-order valence-electron chi connectivity index (χ1n) is 8.02. The molecule has 132 valence electrons. The van der Waals surface area contributed by atoms with Crippen molar-refractivity contribution in [2.45, 2.75) is 31.3 Å². The molecule has 2 aliphatic rings. The fourth-order valence-corrected chi connectivity index (χ4v) is 3.63. The zero-order chi connectivity index (χ0) is 17.2. The smallest absolute Gasteiger partial charge is 0.253 e. The summed E-state index contributed by atoms with van der Waals surface area (Å²) >= 11 is 1.53. The van der Waals surface area contributed by atoms with Crippen LogP contribution in [0.1, 0.15) is 18.4 Å². The quantitative estimate of drug-likeness (QED) is 0.828. The van der Waals surface area contributed by atoms with Crippen LogP contribution in [0.15, 0.2) is 16.8 Å². The monoisotopic (exact) mass is 358 g/mol. The number of morpholine rings is 1. The average molecular weight is 358 g/mol. The molecule has 0 radical (unpaired) electrons. The van der Waals surface area contributed by atoms with Crippen LogP contribution in [0.25, 0.3) is 0 Å². The number of carbonyl (C=O) groups excluding carboxylic acids is 2. The van der Waals surface area contributed by atoms with Crippen LogP contribution in [-0.4, -0.2) is 66.4 Å². The molecule has 0 N–H and O–H groups in total. The standard InChI is InChI=1S/C16H20F2N2O3S/c17-16(18)2-4-19(5-3-16)15(22)13-10-20(6-7-23-13)14(21)9-12-1-8-24-11-12/h1,8,11,13H,2-7,9-10H2/t13-/m1/s1. The van der Waals surface area contributed by atoms with Crippen LogP contribution in [0.2, 0.25) is 0 Å². The van der Waals surface area contributed by atoms with Crippen LogP contribution in [0.4, 0.5) is 8.78 Å². The van der Waals surface area contributed by atoms with E-state index in [2.05, 4.69) is 0 Å². The Balaban J connectivity index is 1.55. The maximum absolute atomic E-state index is 13.2. The highest BCUT2D eigenvalue weighted by Crippen LogP contribution is 2.28. The van der Waals surface area contributed by atoms with Crippen LogP contribution in [0.5, 0.6) is 0 Å². The lowest BCUT2D eigenvalue weighted by Gasteiger charge is -2.37. The van der Waals surface area contributed by atoms with Gasteiger partial charge >= 0.3 is 0 Å². The molecular formula is C16H20F2N2O3S. The number of likely N-dealkylation sites (tertiary alicyclic amines) is 1. The van der Waals surface area contributed by atoms with E-state index >= 15 is 0 Å². The Morgan fingerprint density at radius 3 is 2.67 bits per heavy atom. The van der Waals surface area contributed by atoms with E-state index in [-0.39, 0.29) is 50.9 Å². The lowest BCUT2D eigenvalue weighted by atomic mass is 10.1. The Morgan fingerprint density at radius 2 is 2.00 bits per heavy atom. The van der Waals surface area contributed by atoms with Crippen molar-refractivity contribution in [1.82, 2.24) is 9.80 Å². The van der Waals surface area contributed by atoms with Gasteiger partial charge < -0.3 is 14.5 Å². The second kappa shape index (κ2) is 7.14. The zero-order valence-corrected chi connectivity index (χ0v) is 14.1. The number of piperidine rings is 1. The largest absolute Gasteiger partial charge is 0.365 e. The highest BCUT2D eigenvalue weighted by molar-refractivity contribution is 7.08. The van der Waals surface area contributed by atoms with E-state index in [9.17, 15) is 18.4 Å². The molecule has 1 aromatic rings. The van der Waals surface area contributed by atoms with Gasteiger partial charge in [-0.05, 0) is 22.4 Å². The number of thiophene rings is 1. The van der Waals surface area contributed by atoms with Crippen LogP contribution >= 0.6 is 11.3 Å². The zero-order valence-electron chi connectivity index (χ0n) is 13.2. The first kappa shape index (κ1) is 17.3. The highest BCUT2D eigenvalue weighted by Gasteiger charge is 2.39. The third-order valence-corrected chi connectivity index (χ3v) is 5.17. The number of halogens is 2. The molecule has 0 aromatic carbocycles. The van der Waals surface area contributed by atoms with E-state index in [4.69, 9.17) is 4.74 Å². The molecule has 0 aliphatic carbocycles. The van der Waals surface area contributed by atoms with Crippen molar-refractivity contribution in [3.05, 3.63) is 22.4 Å². The van der Waals surface area contributed by atoms with Crippen LogP contribution in [0, 0.1) is 0 Å². The average Bonchev–Trinajstić information content (AvgIpc) is 3.07. The fraction of sp³-hybridized carbons (Fsp3) is 0.625. The molecule has 2 amide bonds. The van der Waals surface area contributed by atoms with Gasteiger partial charge in [0.15, 0.2) is 6.10 Å². The SMILES string of the molecule is O=C(Cc1ccsc1)N1CCO[C@@H](C(=O)N2CCC(F)(F)CC2)C1. The number of amides is 2. The molecule has 0 spiro atoms. The molecule has 2 fully saturated rings. The van der Waals surface area contributed by atoms with Gasteiger partial charge in [0.2, 0.25) is 5.91 Å². The highest BCUT2D eigenvalue weighted by atomic mass is 32.1. The number of hydrogen-bond donors (Lipinski definition) is 0. The third kappa shape index (κ3) is 4.10. The number of alkyl halides is 2. The molecule has 3 heterocycles. The van der Waals surface area contributed by atoms with Gasteiger partial charge in [0, 0.05) is 32.5 Å². The minimum absolute atomic E-state index is 0.0363. The van der Waals surface area contributed by atoms with E-state index in [1.54, 1.807) is 4.90 Å². The van der Waals surface area contributed by atoms with Crippen LogP contribution in [0.3, 0.4) is 0 Å². The summed E-state index contributed by atoms with van der Waals surface area (Å²) in [5.41, 5.74) is 0.956. The summed E-state index contributed by atoms with van der Waals surface area (Å²) in [4.78, 5) is 27.9. The van der Waals surface area contributed by atoms with Crippen LogP contribution < -0.4 is 0 Å². The van der Waals surface area contributed by atoms with E-state index in [0.717, 1.165) is 5.56 Å². The Hall–Kier alpha value is -1.54. The first-order valence-corrected chi connectivity index (χ1v) is 8.96. The molecular weight excluding hydrogens is 338 g/mol. The molecule has 0 saturated carbocycles. The predicted octanol–water partition coefficient (Wildman–Crippen LogP) is 1.78. The minimum Gasteiger partial charge on any atom is -0.365 e. The van der Waals surface area contributed by atoms with Crippen molar-refractivity contribution in [1.29, 1.82) is 0 Å². The van der Waals surface area contributed by atoms with Crippen LogP contribution in [-0.2, 0) is 20.7 Å². The lowest BCUT2D eigenvalue weighted by Crippen LogP contribution is -2.54. The van der Waals surface area contributed by atoms with Gasteiger partial charge in [0.1, 0.15) is 0 Å². The van der Waals surface area contributed by atoms with Gasteiger partial charge in [-0.25, -0.2) is 8.78 Å². The van der Waals surface area contributed by atoms with E-state index in [1.807, 2.05) is 16.8 Å². The minimum atomic E-state index is -2.69. The second-order valence-electron chi connectivity index (χ2n) is 6.19. The van der Waals surface area contributed by atoms with Crippen molar-refractivity contribution in [3.63, 3.8) is 0 Å². The van der Waals surface area contributed by atoms with Crippen molar-refractivity contribution in [2.24, 2.45) is 0 Å². The maximum Gasteiger partial charge on any atom is 0.253 e. The molecule has 5 nitrogen and oxygen atoms in total. The summed E-state index contributed by atoms with van der Waals surface area (Å²) in [6, 6.07) is 1.90. The van der Waals surface area contributed by atoms with Gasteiger partial charge in [0.25, 0.3) is 11.8 Å². The molecule has 2 saturated heterocycles. The van der Waals surface area contributed by atoms with Gasteiger partial charge in [-0.1, -0.05) is 0 Å². The number of ether oxygens (including phenoxy) is 1. The summed E-state index contributed by atoms with van der Waals surface area (Å²) in [7, 11) is 0. The summed E-state index contributed by atoms with van der Waals surface area (Å²) in [5, 5.41) is 3.84. The number of hydrogen-bond acceptors (Lipinski definition) is 4. The van der Waals surface area contributed by atoms with Crippen molar-refractivity contribution in [3.8, 4) is 0 Å². The second-order valence-corrected chi connectivity index (χ2v) is 6.97. The van der Waals surface area contributed by atoms with Gasteiger partial charge in [0.05, 0.1) is 19.6 Å². The molecule has 1 aromatic heterocycles. The van der Waals surface area contributed by atoms with Gasteiger partial charge in [-0.3, -0.25) is 9.59 Å². The molecule has 24 heavy (non-hydrogen) atoms. The van der Waals surface area contributed by atoms with Gasteiger partial charge in [-0.15, -0.1) is 0 Å². The van der Waals surface area contributed by atoms with E-state index in [1.165, 1.54) is 16.2 Å². The van der Waals surface area contributed by atoms with Crippen molar-refractivity contribution < 1.29 is 23.1 Å². The number of nitrogens with zero attached hydrogens (tertiary/aromatic N) is 2. The van der Waals surface area contributed by atoms with Crippen molar-refractivity contribution >= 4 is 23.2 Å². The Morgan fingerprint density at radius 1 is 1.25 bits per heavy atom. The molecule has 8 heteroatoms. The van der Waals surface area contributed by atoms with E-state index < -0.39 is 12.0 Å². The summed E-state index contributed by atoms with van der Waals surface area (Å²) in [5.74, 6) is -3.02. The molecule has 2 aliphatic heterocycles. The lowest BCUT2D eigenvalue weighted by molar-refractivity contribution is -0.158. The molecule has 0 unspecified atom stereocenters. The van der Waals surface area contributed by atoms with E-state index in [0.29, 0.717) is 13.0 Å². The molecule has 1 atom stereocenters. The topological polar surface area (TPSA) is 49.9 Å². The van der Waals surface area contributed by atoms with Crippen molar-refractivity contribution in [2.75, 3.05) is 32.8 Å². The maximum atomic E-state index is 13.2. The molecule has 0 bridgehead atoms. The number of carbonyl (C=O) groups is 2. The molecule has 3 rings (SSSR count). The summed E-state index contributed by atoms with van der Waals surface area (Å²) in [6.45, 7) is 0.998. The number of rotatable bonds is 3. The Labute approximate surface area is 143 Å². The summed E-state index contributed by atoms with van der Waals surface area (Å²) in [6.07, 6.45) is -1.07. The van der Waals surface area contributed by atoms with Gasteiger partial charge in [-0.2, -0.15) is 11.3 Å².